The van der Waals surface area contributed by atoms with Crippen LogP contribution in [0.15, 0.2) is 36.7 Å². The molecule has 11 heteroatoms. The topological polar surface area (TPSA) is 85.6 Å². The molecule has 3 fully saturated rings. The first-order chi connectivity index (χ1) is 23.5. The van der Waals surface area contributed by atoms with Crippen LogP contribution in [0.4, 0.5) is 30.6 Å². The van der Waals surface area contributed by atoms with Gasteiger partial charge in [-0.15, -0.1) is 5.92 Å². The van der Waals surface area contributed by atoms with Crippen LogP contribution >= 0.6 is 0 Å². The van der Waals surface area contributed by atoms with E-state index in [0.717, 1.165) is 74.8 Å². The van der Waals surface area contributed by atoms with Crippen LogP contribution in [0.5, 0.6) is 0 Å². The summed E-state index contributed by atoms with van der Waals surface area (Å²) in [7, 11) is 2.21. The molecule has 4 N–H and O–H groups in total. The van der Waals surface area contributed by atoms with Crippen molar-refractivity contribution in [1.29, 1.82) is 0 Å². The summed E-state index contributed by atoms with van der Waals surface area (Å²) in [5.41, 5.74) is 9.71. The first kappa shape index (κ1) is 36.9. The van der Waals surface area contributed by atoms with E-state index >= 15 is 0 Å². The molecule has 3 aliphatic rings. The number of hydrogen-bond donors (Lipinski definition) is 3. The number of halogens is 3. The molecule has 5 rings (SSSR count). The third kappa shape index (κ3) is 10.1. The maximum atomic E-state index is 14.0. The van der Waals surface area contributed by atoms with Crippen LogP contribution < -0.4 is 16.4 Å². The Morgan fingerprint density at radius 2 is 1.82 bits per heavy atom. The fraction of sp³-hybridized carbons (Fsp3) is 0.632. The number of nitrogens with one attached hydrogen (secondary N) is 2. The summed E-state index contributed by atoms with van der Waals surface area (Å²) in [4.78, 5) is 15.7. The Kier molecular flexibility index (Phi) is 12.9. The summed E-state index contributed by atoms with van der Waals surface area (Å²) >= 11 is 0. The van der Waals surface area contributed by atoms with E-state index in [0.29, 0.717) is 38.0 Å². The van der Waals surface area contributed by atoms with Gasteiger partial charge in [-0.05, 0) is 115 Å². The smallest absolute Gasteiger partial charge is 0.374 e. The minimum absolute atomic E-state index is 0.00238. The zero-order valence-electron chi connectivity index (χ0n) is 29.6. The molecule has 0 radical (unpaired) electrons. The van der Waals surface area contributed by atoms with Crippen LogP contribution in [0.3, 0.4) is 0 Å². The van der Waals surface area contributed by atoms with Crippen molar-refractivity contribution in [3.05, 3.63) is 53.4 Å². The van der Waals surface area contributed by atoms with Crippen LogP contribution in [0, 0.1) is 17.8 Å². The third-order valence-electron chi connectivity index (χ3n) is 10.6. The van der Waals surface area contributed by atoms with Gasteiger partial charge in [0.05, 0.1) is 0 Å². The first-order valence-corrected chi connectivity index (χ1v) is 18.1. The van der Waals surface area contributed by atoms with Gasteiger partial charge in [0.2, 0.25) is 5.95 Å². The quantitative estimate of drug-likeness (QED) is 0.186. The molecule has 3 aliphatic heterocycles. The largest absolute Gasteiger partial charge is 0.421 e. The maximum Gasteiger partial charge on any atom is 0.421 e. The number of allylic oxidation sites excluding steroid dienone is 1. The van der Waals surface area contributed by atoms with E-state index in [1.54, 1.807) is 0 Å². The Labute approximate surface area is 291 Å². The summed E-state index contributed by atoms with van der Waals surface area (Å²) < 4.78 is 41.9. The van der Waals surface area contributed by atoms with Gasteiger partial charge in [-0.2, -0.15) is 18.2 Å². The van der Waals surface area contributed by atoms with Gasteiger partial charge in [-0.3, -0.25) is 0 Å². The van der Waals surface area contributed by atoms with Crippen LogP contribution in [-0.2, 0) is 12.6 Å². The molecule has 0 saturated carbocycles. The molecule has 2 unspecified atom stereocenters. The Bertz CT molecular complexity index is 1450. The zero-order chi connectivity index (χ0) is 35.0. The highest BCUT2D eigenvalue weighted by atomic mass is 19.4. The number of likely N-dealkylation sites (tertiary alicyclic amines) is 3. The number of rotatable bonds is 10. The van der Waals surface area contributed by atoms with E-state index in [-0.39, 0.29) is 23.7 Å². The normalized spacial score (nSPS) is 22.3. The highest BCUT2D eigenvalue weighted by molar-refractivity contribution is 5.61. The van der Waals surface area contributed by atoms with E-state index in [2.05, 4.69) is 79.8 Å². The highest BCUT2D eigenvalue weighted by Gasteiger charge is 2.35. The molecule has 2 atom stereocenters. The van der Waals surface area contributed by atoms with Crippen molar-refractivity contribution < 1.29 is 13.2 Å². The molecule has 0 aliphatic carbocycles. The molecule has 49 heavy (non-hydrogen) atoms. The van der Waals surface area contributed by atoms with Crippen LogP contribution in [0.2, 0.25) is 0 Å². The van der Waals surface area contributed by atoms with E-state index in [1.165, 1.54) is 31.5 Å². The Morgan fingerprint density at radius 1 is 1.06 bits per heavy atom. The first-order valence-electron chi connectivity index (χ1n) is 18.1. The Hall–Kier alpha value is -3.33. The molecule has 3 saturated heterocycles. The van der Waals surface area contributed by atoms with Crippen LogP contribution in [0.1, 0.15) is 87.8 Å². The van der Waals surface area contributed by atoms with Gasteiger partial charge in [0.25, 0.3) is 0 Å². The molecule has 0 bridgehead atoms. The lowest BCUT2D eigenvalue weighted by molar-refractivity contribution is -0.137. The molecule has 0 spiro atoms. The van der Waals surface area contributed by atoms with Crippen molar-refractivity contribution in [3.63, 3.8) is 0 Å². The second kappa shape index (κ2) is 17.1. The number of nitrogens with two attached hydrogens (primary N) is 1. The summed E-state index contributed by atoms with van der Waals surface area (Å²) in [5, 5.41) is 6.17. The Balaban J connectivity index is 1.20. The predicted octanol–water partition coefficient (Wildman–Crippen LogP) is 6.84. The van der Waals surface area contributed by atoms with Gasteiger partial charge in [0.1, 0.15) is 11.4 Å². The third-order valence-corrected chi connectivity index (χ3v) is 10.6. The van der Waals surface area contributed by atoms with Crippen molar-refractivity contribution in [2.45, 2.75) is 95.8 Å². The SMILES string of the molecule is C=C1CC(C#CC)CCC(N)CN1CCCNc1nc(Nc2ccc(C3CCN(C4CCN(C)CC4)CC3)cc2CC)ncc1C(F)(F)F. The van der Waals surface area contributed by atoms with E-state index in [4.69, 9.17) is 5.73 Å². The average molecular weight is 681 g/mol. The lowest BCUT2D eigenvalue weighted by Gasteiger charge is -2.41. The van der Waals surface area contributed by atoms with Crippen molar-refractivity contribution in [3.8, 4) is 11.8 Å². The molecule has 268 valence electrons. The lowest BCUT2D eigenvalue weighted by atomic mass is 9.86. The minimum Gasteiger partial charge on any atom is -0.374 e. The zero-order valence-corrected chi connectivity index (χ0v) is 29.6. The number of hydrogen-bond acceptors (Lipinski definition) is 8. The van der Waals surface area contributed by atoms with Crippen molar-refractivity contribution in [1.82, 2.24) is 24.7 Å². The standard InChI is InChI=1S/C38H55F3N8/c1-5-8-28-9-11-32(42)26-49(27(3)23-28)18-7-17-43-36-34(38(39,40)41)25-44-37(46-36)45-35-12-10-31(24-29(35)6-2)30-13-21-48(22-14-30)33-15-19-47(4)20-16-33/h10,12,24-25,28,30,32-33H,3,6-7,9,11,13-23,26,42H2,1-2,4H3,(H2,43,44,45,46). The Morgan fingerprint density at radius 3 is 2.51 bits per heavy atom. The summed E-state index contributed by atoms with van der Waals surface area (Å²) in [6.07, 6.45) is 5.07. The number of aromatic nitrogens is 2. The van der Waals surface area contributed by atoms with Crippen molar-refractivity contribution >= 4 is 17.5 Å². The van der Waals surface area contributed by atoms with Gasteiger partial charge >= 0.3 is 6.18 Å². The highest BCUT2D eigenvalue weighted by Crippen LogP contribution is 2.36. The average Bonchev–Trinajstić information content (AvgIpc) is 3.08. The fourth-order valence-electron chi connectivity index (χ4n) is 7.63. The molecule has 1 aromatic heterocycles. The summed E-state index contributed by atoms with van der Waals surface area (Å²) in [6.45, 7) is 14.4. The summed E-state index contributed by atoms with van der Waals surface area (Å²) in [6, 6.07) is 7.15. The van der Waals surface area contributed by atoms with Gasteiger partial charge in [0.15, 0.2) is 0 Å². The number of aryl methyl sites for hydroxylation is 1. The fourth-order valence-corrected chi connectivity index (χ4v) is 7.63. The summed E-state index contributed by atoms with van der Waals surface area (Å²) in [5.74, 6) is 6.91. The maximum absolute atomic E-state index is 14.0. The van der Waals surface area contributed by atoms with E-state index in [9.17, 15) is 13.2 Å². The van der Waals surface area contributed by atoms with Crippen LogP contribution in [0.25, 0.3) is 0 Å². The van der Waals surface area contributed by atoms with Crippen molar-refractivity contribution in [2.24, 2.45) is 11.7 Å². The molecular formula is C38H55F3N8. The van der Waals surface area contributed by atoms with Gasteiger partial charge in [0, 0.05) is 61.6 Å². The number of benzene rings is 1. The molecule has 0 amide bonds. The monoisotopic (exact) mass is 680 g/mol. The van der Waals surface area contributed by atoms with E-state index < -0.39 is 11.7 Å². The number of anilines is 3. The predicted molar refractivity (Wildman–Crippen MR) is 193 cm³/mol. The number of piperidine rings is 2. The van der Waals surface area contributed by atoms with Crippen LogP contribution in [-0.4, -0.2) is 89.6 Å². The molecule has 8 nitrogen and oxygen atoms in total. The molecule has 1 aromatic carbocycles. The van der Waals surface area contributed by atoms with Gasteiger partial charge in [-0.1, -0.05) is 31.6 Å². The van der Waals surface area contributed by atoms with E-state index in [1.807, 2.05) is 13.0 Å². The molecular weight excluding hydrogens is 625 g/mol. The lowest BCUT2D eigenvalue weighted by Crippen LogP contribution is -2.46. The van der Waals surface area contributed by atoms with Gasteiger partial charge in [-0.25, -0.2) is 4.98 Å². The number of nitrogens with zero attached hydrogens (tertiary/aromatic N) is 5. The minimum atomic E-state index is -4.58. The molecule has 2 aromatic rings. The van der Waals surface area contributed by atoms with Gasteiger partial charge < -0.3 is 31.1 Å². The number of alkyl halides is 3. The second-order valence-corrected chi connectivity index (χ2v) is 14.1. The molecule has 4 heterocycles. The van der Waals surface area contributed by atoms with Crippen molar-refractivity contribution in [2.75, 3.05) is 63.5 Å². The second-order valence-electron chi connectivity index (χ2n) is 14.1.